The molecule has 0 unspecified atom stereocenters. The summed E-state index contributed by atoms with van der Waals surface area (Å²) in [7, 11) is 3.10. The second-order valence-electron chi connectivity index (χ2n) is 6.50. The number of methoxy groups -OCH3 is 2. The number of hydrogen-bond donors (Lipinski definition) is 1. The first-order chi connectivity index (χ1) is 15.1. The SMILES string of the molecule is COc1ccc(-c2noc(-c3ccccc3NC(=O)c3ccc(F)cc3)n2)cc1OC. The van der Waals surface area contributed by atoms with E-state index in [1.807, 2.05) is 0 Å². The highest BCUT2D eigenvalue weighted by atomic mass is 19.1. The van der Waals surface area contributed by atoms with Gasteiger partial charge in [-0.05, 0) is 54.6 Å². The number of amides is 1. The van der Waals surface area contributed by atoms with Crippen LogP contribution in [0.15, 0.2) is 71.3 Å². The second kappa shape index (κ2) is 8.66. The van der Waals surface area contributed by atoms with Crippen molar-refractivity contribution >= 4 is 11.6 Å². The van der Waals surface area contributed by atoms with E-state index < -0.39 is 5.82 Å². The first-order valence-electron chi connectivity index (χ1n) is 9.31. The fourth-order valence-corrected chi connectivity index (χ4v) is 3.00. The van der Waals surface area contributed by atoms with E-state index in [2.05, 4.69) is 15.5 Å². The zero-order valence-electron chi connectivity index (χ0n) is 16.8. The summed E-state index contributed by atoms with van der Waals surface area (Å²) in [6, 6.07) is 17.6. The van der Waals surface area contributed by atoms with E-state index in [-0.39, 0.29) is 11.8 Å². The quantitative estimate of drug-likeness (QED) is 0.483. The van der Waals surface area contributed by atoms with Gasteiger partial charge in [-0.3, -0.25) is 4.79 Å². The van der Waals surface area contributed by atoms with Crippen molar-refractivity contribution in [2.45, 2.75) is 0 Å². The summed E-state index contributed by atoms with van der Waals surface area (Å²) >= 11 is 0. The van der Waals surface area contributed by atoms with Crippen LogP contribution >= 0.6 is 0 Å². The first-order valence-corrected chi connectivity index (χ1v) is 9.31. The van der Waals surface area contributed by atoms with Gasteiger partial charge in [0.15, 0.2) is 11.5 Å². The van der Waals surface area contributed by atoms with E-state index in [1.165, 1.54) is 24.3 Å². The molecule has 7 nitrogen and oxygen atoms in total. The van der Waals surface area contributed by atoms with Crippen LogP contribution in [0.5, 0.6) is 11.5 Å². The summed E-state index contributed by atoms with van der Waals surface area (Å²) < 4.78 is 29.1. The van der Waals surface area contributed by atoms with Crippen LogP contribution in [0.2, 0.25) is 0 Å². The zero-order valence-corrected chi connectivity index (χ0v) is 16.8. The molecule has 0 aliphatic rings. The molecular weight excluding hydrogens is 401 g/mol. The minimum atomic E-state index is -0.412. The molecule has 1 amide bonds. The van der Waals surface area contributed by atoms with Gasteiger partial charge in [-0.25, -0.2) is 4.39 Å². The molecule has 0 saturated heterocycles. The number of hydrogen-bond acceptors (Lipinski definition) is 6. The third-order valence-electron chi connectivity index (χ3n) is 4.58. The number of para-hydroxylation sites is 1. The fourth-order valence-electron chi connectivity index (χ4n) is 3.00. The van der Waals surface area contributed by atoms with Crippen LogP contribution in [0.25, 0.3) is 22.8 Å². The van der Waals surface area contributed by atoms with E-state index in [9.17, 15) is 9.18 Å². The van der Waals surface area contributed by atoms with E-state index in [0.29, 0.717) is 39.7 Å². The lowest BCUT2D eigenvalue weighted by molar-refractivity contribution is 0.102. The number of nitrogens with zero attached hydrogens (tertiary/aromatic N) is 2. The van der Waals surface area contributed by atoms with Crippen LogP contribution in [-0.4, -0.2) is 30.3 Å². The molecule has 0 bridgehead atoms. The number of benzene rings is 3. The molecule has 8 heteroatoms. The molecule has 0 aliphatic heterocycles. The predicted molar refractivity (Wildman–Crippen MR) is 113 cm³/mol. The van der Waals surface area contributed by atoms with Crippen molar-refractivity contribution in [3.05, 3.63) is 78.1 Å². The maximum atomic E-state index is 13.1. The van der Waals surface area contributed by atoms with Gasteiger partial charge in [0.25, 0.3) is 11.8 Å². The number of halogens is 1. The summed E-state index contributed by atoms with van der Waals surface area (Å²) in [5, 5.41) is 6.85. The van der Waals surface area contributed by atoms with E-state index in [1.54, 1.807) is 56.7 Å². The molecule has 1 aromatic heterocycles. The standard InChI is InChI=1S/C23H18FN3O4/c1-29-19-12-9-15(13-20(19)30-2)21-26-23(31-27-21)17-5-3-4-6-18(17)25-22(28)14-7-10-16(24)11-8-14/h3-13H,1-2H3,(H,25,28). The molecule has 3 aromatic carbocycles. The molecule has 0 fully saturated rings. The smallest absolute Gasteiger partial charge is 0.260 e. The normalized spacial score (nSPS) is 10.5. The van der Waals surface area contributed by atoms with E-state index in [0.717, 1.165) is 0 Å². The number of rotatable bonds is 6. The Morgan fingerprint density at radius 3 is 2.45 bits per heavy atom. The highest BCUT2D eigenvalue weighted by Crippen LogP contribution is 2.33. The van der Waals surface area contributed by atoms with Gasteiger partial charge in [0.05, 0.1) is 25.5 Å². The van der Waals surface area contributed by atoms with Gasteiger partial charge in [0, 0.05) is 11.1 Å². The molecule has 0 aliphatic carbocycles. The maximum Gasteiger partial charge on any atom is 0.260 e. The summed E-state index contributed by atoms with van der Waals surface area (Å²) in [4.78, 5) is 17.0. The highest BCUT2D eigenvalue weighted by Gasteiger charge is 2.17. The Hall–Kier alpha value is -4.20. The highest BCUT2D eigenvalue weighted by molar-refractivity contribution is 6.06. The molecule has 0 spiro atoms. The van der Waals surface area contributed by atoms with Gasteiger partial charge >= 0.3 is 0 Å². The number of nitrogens with one attached hydrogen (secondary N) is 1. The third-order valence-corrected chi connectivity index (χ3v) is 4.58. The molecule has 31 heavy (non-hydrogen) atoms. The van der Waals surface area contributed by atoms with Gasteiger partial charge in [0.1, 0.15) is 5.82 Å². The molecule has 4 rings (SSSR count). The van der Waals surface area contributed by atoms with Crippen LogP contribution in [0.4, 0.5) is 10.1 Å². The maximum absolute atomic E-state index is 13.1. The molecule has 0 saturated carbocycles. The van der Waals surface area contributed by atoms with Gasteiger partial charge in [-0.2, -0.15) is 4.98 Å². The first kappa shape index (κ1) is 20.1. The van der Waals surface area contributed by atoms with Crippen LogP contribution in [0, 0.1) is 5.82 Å². The number of carbonyl (C=O) groups is 1. The Bertz CT molecular complexity index is 1220. The number of anilines is 1. The van der Waals surface area contributed by atoms with Crippen LogP contribution < -0.4 is 14.8 Å². The van der Waals surface area contributed by atoms with Crippen LogP contribution in [0.1, 0.15) is 10.4 Å². The Balaban J connectivity index is 1.62. The summed E-state index contributed by atoms with van der Waals surface area (Å²) in [6.45, 7) is 0. The van der Waals surface area contributed by atoms with Crippen LogP contribution in [-0.2, 0) is 0 Å². The molecule has 1 heterocycles. The van der Waals surface area contributed by atoms with Crippen molar-refractivity contribution in [3.63, 3.8) is 0 Å². The Morgan fingerprint density at radius 1 is 0.968 bits per heavy atom. The van der Waals surface area contributed by atoms with Gasteiger partial charge < -0.3 is 19.3 Å². The van der Waals surface area contributed by atoms with E-state index >= 15 is 0 Å². The predicted octanol–water partition coefficient (Wildman–Crippen LogP) is 4.81. The average molecular weight is 419 g/mol. The molecular formula is C23H18FN3O4. The third kappa shape index (κ3) is 4.23. The lowest BCUT2D eigenvalue weighted by Crippen LogP contribution is -2.12. The Morgan fingerprint density at radius 2 is 1.71 bits per heavy atom. The summed E-state index contributed by atoms with van der Waals surface area (Å²) in [5.74, 6) is 0.926. The van der Waals surface area contributed by atoms with Gasteiger partial charge in [-0.1, -0.05) is 17.3 Å². The lowest BCUT2D eigenvalue weighted by atomic mass is 10.1. The zero-order chi connectivity index (χ0) is 21.8. The minimum absolute atomic E-state index is 0.236. The molecule has 0 atom stereocenters. The second-order valence-corrected chi connectivity index (χ2v) is 6.50. The largest absolute Gasteiger partial charge is 0.493 e. The summed E-state index contributed by atoms with van der Waals surface area (Å²) in [6.07, 6.45) is 0. The van der Waals surface area contributed by atoms with Gasteiger partial charge in [-0.15, -0.1) is 0 Å². The Kier molecular flexibility index (Phi) is 5.61. The Labute approximate surface area is 177 Å². The lowest BCUT2D eigenvalue weighted by Gasteiger charge is -2.08. The molecule has 0 radical (unpaired) electrons. The van der Waals surface area contributed by atoms with E-state index in [4.69, 9.17) is 14.0 Å². The number of ether oxygens (including phenoxy) is 2. The number of carbonyl (C=O) groups excluding carboxylic acids is 1. The average Bonchev–Trinajstić information content (AvgIpc) is 3.29. The van der Waals surface area contributed by atoms with Crippen molar-refractivity contribution < 1.29 is 23.2 Å². The topological polar surface area (TPSA) is 86.5 Å². The fraction of sp³-hybridized carbons (Fsp3) is 0.0870. The molecule has 1 N–H and O–H groups in total. The van der Waals surface area contributed by atoms with Crippen molar-refractivity contribution in [1.82, 2.24) is 10.1 Å². The summed E-state index contributed by atoms with van der Waals surface area (Å²) in [5.41, 5.74) is 2.05. The van der Waals surface area contributed by atoms with Crippen molar-refractivity contribution in [3.8, 4) is 34.3 Å². The van der Waals surface area contributed by atoms with Crippen molar-refractivity contribution in [2.75, 3.05) is 19.5 Å². The van der Waals surface area contributed by atoms with Crippen molar-refractivity contribution in [1.29, 1.82) is 0 Å². The monoisotopic (exact) mass is 419 g/mol. The van der Waals surface area contributed by atoms with Crippen LogP contribution in [0.3, 0.4) is 0 Å². The molecule has 156 valence electrons. The number of aromatic nitrogens is 2. The van der Waals surface area contributed by atoms with Gasteiger partial charge in [0.2, 0.25) is 5.82 Å². The van der Waals surface area contributed by atoms with Crippen molar-refractivity contribution in [2.24, 2.45) is 0 Å². The minimum Gasteiger partial charge on any atom is -0.493 e. The molecule has 4 aromatic rings.